The number of aromatic hydroxyl groups is 1. The van der Waals surface area contributed by atoms with E-state index in [2.05, 4.69) is 22.3 Å². The van der Waals surface area contributed by atoms with E-state index in [-0.39, 0.29) is 17.6 Å². The van der Waals surface area contributed by atoms with Gasteiger partial charge in [-0.2, -0.15) is 4.98 Å². The fraction of sp³-hybridized carbons (Fsp3) is 0.125. The molecule has 4 nitrogen and oxygen atoms in total. The molecule has 0 spiro atoms. The monoisotopic (exact) mass is 298 g/mol. The van der Waals surface area contributed by atoms with E-state index >= 15 is 0 Å². The van der Waals surface area contributed by atoms with Gasteiger partial charge in [-0.25, -0.2) is 0 Å². The molecule has 3 aromatic rings. The van der Waals surface area contributed by atoms with Gasteiger partial charge in [0.25, 0.3) is 5.89 Å². The first kappa shape index (κ1) is 12.4. The molecule has 0 saturated carbocycles. The fourth-order valence-corrected chi connectivity index (χ4v) is 2.83. The van der Waals surface area contributed by atoms with Gasteiger partial charge in [0.05, 0.1) is 11.5 Å². The van der Waals surface area contributed by atoms with Crippen molar-refractivity contribution in [3.63, 3.8) is 0 Å². The van der Waals surface area contributed by atoms with Gasteiger partial charge in [0, 0.05) is 5.02 Å². The molecule has 0 radical (unpaired) electrons. The number of aromatic nitrogens is 2. The lowest BCUT2D eigenvalue weighted by molar-refractivity contribution is 0.412. The molecule has 1 aliphatic rings. The molecule has 1 aliphatic carbocycles. The standard InChI is InChI=1S/C16H11ClN2O2/c17-10-5-6-14(20)13(8-10)16-18-15(19-21-16)12-7-9-3-1-2-4-11(9)12/h1-6,8,12,20H,7H2. The Labute approximate surface area is 126 Å². The van der Waals surface area contributed by atoms with Crippen LogP contribution in [0.3, 0.4) is 0 Å². The predicted octanol–water partition coefficient (Wildman–Crippen LogP) is 3.78. The minimum absolute atomic E-state index is 0.0728. The summed E-state index contributed by atoms with van der Waals surface area (Å²) in [6, 6.07) is 13.0. The second-order valence-electron chi connectivity index (χ2n) is 5.07. The lowest BCUT2D eigenvalue weighted by Gasteiger charge is -2.27. The zero-order valence-corrected chi connectivity index (χ0v) is 11.7. The summed E-state index contributed by atoms with van der Waals surface area (Å²) in [7, 11) is 0. The summed E-state index contributed by atoms with van der Waals surface area (Å²) in [6.07, 6.45) is 0.913. The topological polar surface area (TPSA) is 59.2 Å². The number of nitrogens with zero attached hydrogens (tertiary/aromatic N) is 2. The van der Waals surface area contributed by atoms with Crippen molar-refractivity contribution in [3.05, 3.63) is 64.4 Å². The highest BCUT2D eigenvalue weighted by molar-refractivity contribution is 6.30. The lowest BCUT2D eigenvalue weighted by atomic mass is 9.77. The van der Waals surface area contributed by atoms with Crippen molar-refractivity contribution in [2.45, 2.75) is 12.3 Å². The van der Waals surface area contributed by atoms with Crippen LogP contribution in [0, 0.1) is 0 Å². The van der Waals surface area contributed by atoms with Crippen molar-refractivity contribution in [3.8, 4) is 17.2 Å². The van der Waals surface area contributed by atoms with Crippen molar-refractivity contribution < 1.29 is 9.63 Å². The largest absolute Gasteiger partial charge is 0.507 e. The van der Waals surface area contributed by atoms with Crippen LogP contribution < -0.4 is 0 Å². The smallest absolute Gasteiger partial charge is 0.261 e. The molecule has 0 fully saturated rings. The van der Waals surface area contributed by atoms with Crippen molar-refractivity contribution in [1.82, 2.24) is 10.1 Å². The van der Waals surface area contributed by atoms with Crippen LogP contribution in [0.5, 0.6) is 5.75 Å². The Bertz CT molecular complexity index is 829. The minimum atomic E-state index is 0.0728. The number of fused-ring (bicyclic) bond motifs is 1. The number of rotatable bonds is 2. The van der Waals surface area contributed by atoms with Crippen LogP contribution in [0.2, 0.25) is 5.02 Å². The van der Waals surface area contributed by atoms with Crippen LogP contribution in [0.1, 0.15) is 22.9 Å². The molecule has 1 atom stereocenters. The van der Waals surface area contributed by atoms with Crippen LogP contribution in [-0.4, -0.2) is 15.2 Å². The Morgan fingerprint density at radius 1 is 1.19 bits per heavy atom. The van der Waals surface area contributed by atoms with E-state index in [4.69, 9.17) is 16.1 Å². The Balaban J connectivity index is 1.70. The molecule has 0 bridgehead atoms. The van der Waals surface area contributed by atoms with Gasteiger partial charge in [0.15, 0.2) is 5.82 Å². The van der Waals surface area contributed by atoms with E-state index in [1.807, 2.05) is 12.1 Å². The van der Waals surface area contributed by atoms with Gasteiger partial charge in [-0.15, -0.1) is 0 Å². The number of phenols is 1. The van der Waals surface area contributed by atoms with Crippen molar-refractivity contribution in [2.24, 2.45) is 0 Å². The molecule has 2 aromatic carbocycles. The Morgan fingerprint density at radius 3 is 2.90 bits per heavy atom. The molecular weight excluding hydrogens is 288 g/mol. The van der Waals surface area contributed by atoms with Gasteiger partial charge in [-0.1, -0.05) is 41.0 Å². The zero-order chi connectivity index (χ0) is 14.4. The summed E-state index contributed by atoms with van der Waals surface area (Å²) in [6.45, 7) is 0. The molecule has 4 rings (SSSR count). The maximum Gasteiger partial charge on any atom is 0.261 e. The van der Waals surface area contributed by atoms with Gasteiger partial charge < -0.3 is 9.63 Å². The maximum absolute atomic E-state index is 9.88. The third kappa shape index (κ3) is 1.99. The number of halogens is 1. The molecule has 0 aliphatic heterocycles. The third-order valence-electron chi connectivity index (χ3n) is 3.80. The first-order chi connectivity index (χ1) is 10.2. The van der Waals surface area contributed by atoms with Crippen molar-refractivity contribution in [1.29, 1.82) is 0 Å². The van der Waals surface area contributed by atoms with Crippen molar-refractivity contribution in [2.75, 3.05) is 0 Å². The molecular formula is C16H11ClN2O2. The number of hydrogen-bond acceptors (Lipinski definition) is 4. The second-order valence-corrected chi connectivity index (χ2v) is 5.51. The average Bonchev–Trinajstić information content (AvgIpc) is 2.92. The number of phenolic OH excluding ortho intramolecular Hbond substituents is 1. The summed E-state index contributed by atoms with van der Waals surface area (Å²) in [5.74, 6) is 1.17. The molecule has 1 unspecified atom stereocenters. The lowest BCUT2D eigenvalue weighted by Crippen LogP contribution is -2.19. The molecule has 1 N–H and O–H groups in total. The van der Waals surface area contributed by atoms with Gasteiger partial charge in [0.1, 0.15) is 5.75 Å². The summed E-state index contributed by atoms with van der Waals surface area (Å²) in [5, 5.41) is 14.4. The van der Waals surface area contributed by atoms with Gasteiger partial charge >= 0.3 is 0 Å². The highest BCUT2D eigenvalue weighted by Crippen LogP contribution is 2.39. The summed E-state index contributed by atoms with van der Waals surface area (Å²) >= 11 is 5.94. The highest BCUT2D eigenvalue weighted by atomic mass is 35.5. The molecule has 104 valence electrons. The van der Waals surface area contributed by atoms with Crippen LogP contribution in [0.15, 0.2) is 47.0 Å². The number of hydrogen-bond donors (Lipinski definition) is 1. The van der Waals surface area contributed by atoms with E-state index < -0.39 is 0 Å². The van der Waals surface area contributed by atoms with E-state index in [1.54, 1.807) is 12.1 Å². The zero-order valence-electron chi connectivity index (χ0n) is 11.0. The van der Waals surface area contributed by atoms with E-state index in [1.165, 1.54) is 17.2 Å². The highest BCUT2D eigenvalue weighted by Gasteiger charge is 2.31. The Morgan fingerprint density at radius 2 is 2.05 bits per heavy atom. The van der Waals surface area contributed by atoms with Crippen LogP contribution in [-0.2, 0) is 6.42 Å². The minimum Gasteiger partial charge on any atom is -0.507 e. The maximum atomic E-state index is 9.88. The van der Waals surface area contributed by atoms with E-state index in [0.29, 0.717) is 16.4 Å². The van der Waals surface area contributed by atoms with Crippen LogP contribution in [0.25, 0.3) is 11.5 Å². The van der Waals surface area contributed by atoms with Crippen LogP contribution >= 0.6 is 11.6 Å². The molecule has 0 amide bonds. The quantitative estimate of drug-likeness (QED) is 0.782. The molecule has 1 heterocycles. The molecule has 0 saturated heterocycles. The SMILES string of the molecule is Oc1ccc(Cl)cc1-c1nc(C2Cc3ccccc32)no1. The summed E-state index contributed by atoms with van der Waals surface area (Å²) in [4.78, 5) is 4.41. The average molecular weight is 299 g/mol. The molecule has 21 heavy (non-hydrogen) atoms. The molecule has 1 aromatic heterocycles. The third-order valence-corrected chi connectivity index (χ3v) is 4.03. The van der Waals surface area contributed by atoms with E-state index in [0.717, 1.165) is 6.42 Å². The summed E-state index contributed by atoms with van der Waals surface area (Å²) < 4.78 is 5.28. The molecule has 5 heteroatoms. The van der Waals surface area contributed by atoms with E-state index in [9.17, 15) is 5.11 Å². The first-order valence-corrected chi connectivity index (χ1v) is 7.00. The van der Waals surface area contributed by atoms with Gasteiger partial charge in [0.2, 0.25) is 0 Å². The fourth-order valence-electron chi connectivity index (χ4n) is 2.65. The normalized spacial score (nSPS) is 16.3. The summed E-state index contributed by atoms with van der Waals surface area (Å²) in [5.41, 5.74) is 3.01. The Hall–Kier alpha value is -2.33. The number of benzene rings is 2. The predicted molar refractivity (Wildman–Crippen MR) is 78.4 cm³/mol. The van der Waals surface area contributed by atoms with Crippen molar-refractivity contribution >= 4 is 11.6 Å². The van der Waals surface area contributed by atoms with Gasteiger partial charge in [-0.05, 0) is 35.7 Å². The van der Waals surface area contributed by atoms with Gasteiger partial charge in [-0.3, -0.25) is 0 Å². The van der Waals surface area contributed by atoms with Crippen LogP contribution in [0.4, 0.5) is 0 Å². The second kappa shape index (κ2) is 4.60. The first-order valence-electron chi connectivity index (χ1n) is 6.62. The Kier molecular flexibility index (Phi) is 2.72.